The molecule has 0 amide bonds. The van der Waals surface area contributed by atoms with E-state index in [0.29, 0.717) is 22.5 Å². The average Bonchev–Trinajstić information content (AvgIpc) is 3.11. The fourth-order valence-electron chi connectivity index (χ4n) is 2.79. The highest BCUT2D eigenvalue weighted by Crippen LogP contribution is 2.28. The Morgan fingerprint density at radius 2 is 2.33 bits per heavy atom. The van der Waals surface area contributed by atoms with Crippen molar-refractivity contribution >= 4 is 17.3 Å². The number of anilines is 1. The molecule has 112 valence electrons. The van der Waals surface area contributed by atoms with Crippen LogP contribution in [0, 0.1) is 5.92 Å². The fraction of sp³-hybridized carbons (Fsp3) is 0.500. The number of nitrogens with two attached hydrogens (primary N) is 1. The first kappa shape index (κ1) is 14.3. The van der Waals surface area contributed by atoms with Gasteiger partial charge in [0.25, 0.3) is 0 Å². The number of hydrogen-bond acceptors (Lipinski definition) is 5. The molecule has 7 heteroatoms. The average molecular weight is 308 g/mol. The third kappa shape index (κ3) is 2.87. The van der Waals surface area contributed by atoms with Gasteiger partial charge in [-0.2, -0.15) is 0 Å². The molecular weight excluding hydrogens is 290 g/mol. The van der Waals surface area contributed by atoms with Crippen LogP contribution in [-0.2, 0) is 11.3 Å². The number of halogens is 1. The van der Waals surface area contributed by atoms with Crippen LogP contribution in [-0.4, -0.2) is 32.9 Å². The highest BCUT2D eigenvalue weighted by molar-refractivity contribution is 6.33. The Bertz CT molecular complexity index is 630. The molecule has 2 heterocycles. The number of nitrogen functional groups attached to an aromatic ring is 1. The molecule has 2 N–H and O–H groups in total. The van der Waals surface area contributed by atoms with Crippen LogP contribution < -0.4 is 5.73 Å². The standard InChI is InChI=1S/C14H18ClN5O/c1-2-13-10(5-6-21-13)8-20-14(17-18-19-20)9-3-4-11(15)12(16)7-9/h3-4,7,10,13H,2,5-6,8,16H2,1H3. The van der Waals surface area contributed by atoms with Gasteiger partial charge in [0.2, 0.25) is 0 Å². The maximum absolute atomic E-state index is 5.96. The SMILES string of the molecule is CCC1OCCC1Cn1nnnc1-c1ccc(Cl)c(N)c1. The highest BCUT2D eigenvalue weighted by Gasteiger charge is 2.28. The van der Waals surface area contributed by atoms with Crippen molar-refractivity contribution in [3.63, 3.8) is 0 Å². The summed E-state index contributed by atoms with van der Waals surface area (Å²) in [5.41, 5.74) is 7.25. The van der Waals surface area contributed by atoms with E-state index in [0.717, 1.165) is 31.6 Å². The second-order valence-electron chi connectivity index (χ2n) is 5.29. The monoisotopic (exact) mass is 307 g/mol. The van der Waals surface area contributed by atoms with Crippen molar-refractivity contribution in [2.24, 2.45) is 5.92 Å². The van der Waals surface area contributed by atoms with E-state index in [-0.39, 0.29) is 6.10 Å². The molecular formula is C14H18ClN5O. The first-order valence-electron chi connectivity index (χ1n) is 7.12. The minimum absolute atomic E-state index is 0.289. The van der Waals surface area contributed by atoms with Gasteiger partial charge in [0.05, 0.1) is 23.4 Å². The zero-order valence-corrected chi connectivity index (χ0v) is 12.6. The van der Waals surface area contributed by atoms with E-state index in [1.54, 1.807) is 12.1 Å². The Morgan fingerprint density at radius 3 is 3.10 bits per heavy atom. The Morgan fingerprint density at radius 1 is 1.48 bits per heavy atom. The van der Waals surface area contributed by atoms with Crippen LogP contribution >= 0.6 is 11.6 Å². The van der Waals surface area contributed by atoms with Gasteiger partial charge in [-0.15, -0.1) is 5.10 Å². The van der Waals surface area contributed by atoms with Gasteiger partial charge in [0, 0.05) is 18.1 Å². The van der Waals surface area contributed by atoms with Gasteiger partial charge in [0.15, 0.2) is 5.82 Å². The lowest BCUT2D eigenvalue weighted by molar-refractivity contribution is 0.0825. The molecule has 0 saturated carbocycles. The summed E-state index contributed by atoms with van der Waals surface area (Å²) >= 11 is 5.96. The van der Waals surface area contributed by atoms with Crippen LogP contribution in [0.25, 0.3) is 11.4 Å². The Kier molecular flexibility index (Phi) is 4.07. The molecule has 2 aromatic rings. The molecule has 1 saturated heterocycles. The van der Waals surface area contributed by atoms with Gasteiger partial charge < -0.3 is 10.5 Å². The first-order chi connectivity index (χ1) is 10.2. The van der Waals surface area contributed by atoms with Crippen molar-refractivity contribution in [3.05, 3.63) is 23.2 Å². The van der Waals surface area contributed by atoms with E-state index in [2.05, 4.69) is 22.4 Å². The Hall–Kier alpha value is -1.66. The number of hydrogen-bond donors (Lipinski definition) is 1. The lowest BCUT2D eigenvalue weighted by Gasteiger charge is -2.17. The first-order valence-corrected chi connectivity index (χ1v) is 7.50. The molecule has 1 aliphatic heterocycles. The normalized spacial score (nSPS) is 21.8. The number of rotatable bonds is 4. The number of tetrazole rings is 1. The molecule has 1 aliphatic rings. The topological polar surface area (TPSA) is 78.8 Å². The van der Waals surface area contributed by atoms with E-state index >= 15 is 0 Å². The van der Waals surface area contributed by atoms with Gasteiger partial charge >= 0.3 is 0 Å². The predicted octanol–water partition coefficient (Wildman–Crippen LogP) is 2.39. The molecule has 1 aromatic carbocycles. The minimum Gasteiger partial charge on any atom is -0.398 e. The fourth-order valence-corrected chi connectivity index (χ4v) is 2.91. The lowest BCUT2D eigenvalue weighted by Crippen LogP contribution is -2.21. The van der Waals surface area contributed by atoms with Gasteiger partial charge in [-0.25, -0.2) is 4.68 Å². The molecule has 0 bridgehead atoms. The third-order valence-corrected chi connectivity index (χ3v) is 4.29. The summed E-state index contributed by atoms with van der Waals surface area (Å²) in [6, 6.07) is 5.44. The van der Waals surface area contributed by atoms with E-state index < -0.39 is 0 Å². The summed E-state index contributed by atoms with van der Waals surface area (Å²) in [5.74, 6) is 1.15. The molecule has 0 aliphatic carbocycles. The van der Waals surface area contributed by atoms with Crippen molar-refractivity contribution in [2.45, 2.75) is 32.4 Å². The smallest absolute Gasteiger partial charge is 0.182 e. The number of nitrogens with zero attached hydrogens (tertiary/aromatic N) is 4. The van der Waals surface area contributed by atoms with Crippen molar-refractivity contribution in [1.29, 1.82) is 0 Å². The molecule has 1 fully saturated rings. The summed E-state index contributed by atoms with van der Waals surface area (Å²) in [5, 5.41) is 12.5. The Balaban J connectivity index is 1.85. The van der Waals surface area contributed by atoms with Gasteiger partial charge in [-0.05, 0) is 41.5 Å². The van der Waals surface area contributed by atoms with E-state index in [1.165, 1.54) is 0 Å². The molecule has 1 aromatic heterocycles. The largest absolute Gasteiger partial charge is 0.398 e. The zero-order valence-electron chi connectivity index (χ0n) is 11.9. The molecule has 2 atom stereocenters. The number of ether oxygens (including phenoxy) is 1. The lowest BCUT2D eigenvalue weighted by atomic mass is 9.99. The summed E-state index contributed by atoms with van der Waals surface area (Å²) < 4.78 is 7.55. The molecule has 0 radical (unpaired) electrons. The maximum Gasteiger partial charge on any atom is 0.182 e. The van der Waals surface area contributed by atoms with Gasteiger partial charge in [0.1, 0.15) is 0 Å². The van der Waals surface area contributed by atoms with Crippen molar-refractivity contribution < 1.29 is 4.74 Å². The van der Waals surface area contributed by atoms with Crippen LogP contribution in [0.2, 0.25) is 5.02 Å². The second kappa shape index (κ2) is 5.99. The number of aromatic nitrogens is 4. The van der Waals surface area contributed by atoms with E-state index in [9.17, 15) is 0 Å². The molecule has 3 rings (SSSR count). The third-order valence-electron chi connectivity index (χ3n) is 3.94. The second-order valence-corrected chi connectivity index (χ2v) is 5.69. The molecule has 0 spiro atoms. The number of benzene rings is 1. The minimum atomic E-state index is 0.289. The Labute approximate surface area is 128 Å². The van der Waals surface area contributed by atoms with Crippen LogP contribution in [0.1, 0.15) is 19.8 Å². The van der Waals surface area contributed by atoms with E-state index in [1.807, 2.05) is 10.7 Å². The van der Waals surface area contributed by atoms with Crippen LogP contribution in [0.5, 0.6) is 0 Å². The summed E-state index contributed by atoms with van der Waals surface area (Å²) in [6.45, 7) is 3.71. The zero-order chi connectivity index (χ0) is 14.8. The van der Waals surface area contributed by atoms with Gasteiger partial charge in [-0.1, -0.05) is 18.5 Å². The maximum atomic E-state index is 5.96. The highest BCUT2D eigenvalue weighted by atomic mass is 35.5. The van der Waals surface area contributed by atoms with E-state index in [4.69, 9.17) is 22.1 Å². The van der Waals surface area contributed by atoms with Crippen LogP contribution in [0.3, 0.4) is 0 Å². The predicted molar refractivity (Wildman–Crippen MR) is 80.8 cm³/mol. The van der Waals surface area contributed by atoms with Crippen LogP contribution in [0.15, 0.2) is 18.2 Å². The van der Waals surface area contributed by atoms with Crippen molar-refractivity contribution in [1.82, 2.24) is 20.2 Å². The summed E-state index contributed by atoms with van der Waals surface area (Å²) in [4.78, 5) is 0. The van der Waals surface area contributed by atoms with Crippen LogP contribution in [0.4, 0.5) is 5.69 Å². The molecule has 2 unspecified atom stereocenters. The summed E-state index contributed by atoms with van der Waals surface area (Å²) in [6.07, 6.45) is 2.34. The molecule has 6 nitrogen and oxygen atoms in total. The quantitative estimate of drug-likeness (QED) is 0.877. The van der Waals surface area contributed by atoms with Gasteiger partial charge in [-0.3, -0.25) is 0 Å². The van der Waals surface area contributed by atoms with Crippen molar-refractivity contribution in [3.8, 4) is 11.4 Å². The molecule has 21 heavy (non-hydrogen) atoms. The van der Waals surface area contributed by atoms with Crippen molar-refractivity contribution in [2.75, 3.05) is 12.3 Å². The summed E-state index contributed by atoms with van der Waals surface area (Å²) in [7, 11) is 0.